The number of methoxy groups -OCH3 is 1. The van der Waals surface area contributed by atoms with Gasteiger partial charge < -0.3 is 29.7 Å². The molecule has 1 aliphatic rings. The van der Waals surface area contributed by atoms with Gasteiger partial charge in [0.15, 0.2) is 23.1 Å². The van der Waals surface area contributed by atoms with Crippen LogP contribution < -0.4 is 24.8 Å². The molecule has 44 heavy (non-hydrogen) atoms. The van der Waals surface area contributed by atoms with Gasteiger partial charge in [-0.05, 0) is 87.6 Å². The van der Waals surface area contributed by atoms with E-state index in [2.05, 4.69) is 27.6 Å². The van der Waals surface area contributed by atoms with Gasteiger partial charge in [-0.1, -0.05) is 30.3 Å². The molecule has 10 heteroatoms. The highest BCUT2D eigenvalue weighted by Crippen LogP contribution is 2.40. The highest BCUT2D eigenvalue weighted by molar-refractivity contribution is 6.39. The molecule has 1 aliphatic heterocycles. The lowest BCUT2D eigenvalue weighted by Crippen LogP contribution is -2.36. The van der Waals surface area contributed by atoms with Crippen molar-refractivity contribution in [1.82, 2.24) is 15.2 Å². The SMILES string of the molecule is COc1c(OCC2CCN(C)CC2)ccc2c(Oc3ccc(NC(=O)C(=O)NCCCc4ccccc4)cc3F)ccnc12. The molecule has 4 aromatic rings. The van der Waals surface area contributed by atoms with E-state index in [0.29, 0.717) is 53.6 Å². The number of carbonyl (C=O) groups is 2. The van der Waals surface area contributed by atoms with Crippen molar-refractivity contribution in [3.8, 4) is 23.0 Å². The fraction of sp³-hybridized carbons (Fsp3) is 0.324. The monoisotopic (exact) mass is 600 g/mol. The van der Waals surface area contributed by atoms with Crippen molar-refractivity contribution in [2.45, 2.75) is 25.7 Å². The Morgan fingerprint density at radius 1 is 0.977 bits per heavy atom. The number of aromatic nitrogens is 1. The van der Waals surface area contributed by atoms with Crippen LogP contribution in [0.1, 0.15) is 24.8 Å². The minimum absolute atomic E-state index is 0.0533. The number of pyridine rings is 1. The van der Waals surface area contributed by atoms with Gasteiger partial charge >= 0.3 is 11.8 Å². The number of carbonyl (C=O) groups excluding carboxylic acids is 2. The first kappa shape index (κ1) is 30.7. The molecular formula is C34H37FN4O5. The Labute approximate surface area is 256 Å². The Bertz CT molecular complexity index is 1590. The summed E-state index contributed by atoms with van der Waals surface area (Å²) < 4.78 is 32.8. The average Bonchev–Trinajstić information content (AvgIpc) is 3.04. The summed E-state index contributed by atoms with van der Waals surface area (Å²) in [6.45, 7) is 3.05. The summed E-state index contributed by atoms with van der Waals surface area (Å²) in [7, 11) is 3.69. The molecule has 1 aromatic heterocycles. The predicted octanol–water partition coefficient (Wildman–Crippen LogP) is 5.58. The molecule has 230 valence electrons. The second kappa shape index (κ2) is 14.7. The molecule has 0 radical (unpaired) electrons. The molecule has 0 bridgehead atoms. The lowest BCUT2D eigenvalue weighted by Gasteiger charge is -2.28. The summed E-state index contributed by atoms with van der Waals surface area (Å²) in [4.78, 5) is 31.4. The molecule has 0 spiro atoms. The predicted molar refractivity (Wildman–Crippen MR) is 167 cm³/mol. The van der Waals surface area contributed by atoms with E-state index in [-0.39, 0.29) is 11.4 Å². The van der Waals surface area contributed by atoms with Gasteiger partial charge in [-0.2, -0.15) is 0 Å². The second-order valence-electron chi connectivity index (χ2n) is 10.9. The Morgan fingerprint density at radius 3 is 2.50 bits per heavy atom. The van der Waals surface area contributed by atoms with Crippen molar-refractivity contribution < 1.29 is 28.2 Å². The third-order valence-corrected chi connectivity index (χ3v) is 7.69. The second-order valence-corrected chi connectivity index (χ2v) is 10.9. The fourth-order valence-electron chi connectivity index (χ4n) is 5.17. The third-order valence-electron chi connectivity index (χ3n) is 7.69. The number of nitrogens with one attached hydrogen (secondary N) is 2. The maximum atomic E-state index is 15.1. The maximum Gasteiger partial charge on any atom is 0.313 e. The van der Waals surface area contributed by atoms with Crippen molar-refractivity contribution in [3.05, 3.63) is 84.3 Å². The van der Waals surface area contributed by atoms with E-state index in [4.69, 9.17) is 14.2 Å². The molecule has 0 saturated carbocycles. The summed E-state index contributed by atoms with van der Waals surface area (Å²) >= 11 is 0. The quantitative estimate of drug-likeness (QED) is 0.171. The molecule has 2 N–H and O–H groups in total. The Kier molecular flexibility index (Phi) is 10.2. The molecule has 1 fully saturated rings. The number of likely N-dealkylation sites (tertiary alicyclic amines) is 1. The zero-order valence-corrected chi connectivity index (χ0v) is 25.0. The van der Waals surface area contributed by atoms with Crippen LogP contribution in [0.4, 0.5) is 10.1 Å². The molecule has 2 heterocycles. The van der Waals surface area contributed by atoms with E-state index >= 15 is 4.39 Å². The van der Waals surface area contributed by atoms with Crippen LogP contribution in [-0.2, 0) is 16.0 Å². The highest BCUT2D eigenvalue weighted by atomic mass is 19.1. The van der Waals surface area contributed by atoms with Gasteiger partial charge in [0.25, 0.3) is 0 Å². The number of benzene rings is 3. The Morgan fingerprint density at radius 2 is 1.75 bits per heavy atom. The molecule has 3 aromatic carbocycles. The van der Waals surface area contributed by atoms with E-state index in [9.17, 15) is 9.59 Å². The van der Waals surface area contributed by atoms with Crippen LogP contribution >= 0.6 is 0 Å². The highest BCUT2D eigenvalue weighted by Gasteiger charge is 2.20. The Hall–Kier alpha value is -4.70. The van der Waals surface area contributed by atoms with E-state index in [1.165, 1.54) is 12.1 Å². The molecule has 0 aliphatic carbocycles. The summed E-state index contributed by atoms with van der Waals surface area (Å²) in [5.41, 5.74) is 1.82. The minimum atomic E-state index is -0.876. The van der Waals surface area contributed by atoms with Crippen molar-refractivity contribution in [1.29, 1.82) is 0 Å². The van der Waals surface area contributed by atoms with Crippen LogP contribution in [0.15, 0.2) is 72.9 Å². The topological polar surface area (TPSA) is 102 Å². The largest absolute Gasteiger partial charge is 0.491 e. The molecule has 0 unspecified atom stereocenters. The summed E-state index contributed by atoms with van der Waals surface area (Å²) in [5, 5.41) is 5.65. The molecule has 9 nitrogen and oxygen atoms in total. The van der Waals surface area contributed by atoms with E-state index in [1.54, 1.807) is 19.4 Å². The molecule has 2 amide bonds. The number of nitrogens with zero attached hydrogens (tertiary/aromatic N) is 2. The van der Waals surface area contributed by atoms with Crippen molar-refractivity contribution in [2.75, 3.05) is 45.7 Å². The third kappa shape index (κ3) is 7.82. The molecular weight excluding hydrogens is 563 g/mol. The van der Waals surface area contributed by atoms with Gasteiger partial charge in [-0.25, -0.2) is 4.39 Å². The van der Waals surface area contributed by atoms with Gasteiger partial charge in [0, 0.05) is 29.9 Å². The first-order valence-corrected chi connectivity index (χ1v) is 14.8. The first-order valence-electron chi connectivity index (χ1n) is 14.8. The number of ether oxygens (including phenoxy) is 3. The summed E-state index contributed by atoms with van der Waals surface area (Å²) in [6, 6.07) is 19.1. The number of hydrogen-bond donors (Lipinski definition) is 2. The minimum Gasteiger partial charge on any atom is -0.491 e. The number of fused-ring (bicyclic) bond motifs is 1. The van der Waals surface area contributed by atoms with Gasteiger partial charge in [0.2, 0.25) is 0 Å². The Balaban J connectivity index is 1.19. The van der Waals surface area contributed by atoms with Gasteiger partial charge in [0.05, 0.1) is 13.7 Å². The van der Waals surface area contributed by atoms with Crippen LogP contribution in [0.5, 0.6) is 23.0 Å². The summed E-state index contributed by atoms with van der Waals surface area (Å²) in [5.74, 6) is -0.495. The molecule has 1 saturated heterocycles. The standard InChI is InChI=1S/C34H37FN4O5/c1-39-19-15-24(16-20-39)22-43-30-13-11-26-28(14-18-36-31(26)32(30)42-2)44-29-12-10-25(21-27(29)35)38-34(41)33(40)37-17-6-9-23-7-4-3-5-8-23/h3-5,7-8,10-14,18,21,24H,6,9,15-17,19-20,22H2,1-2H3,(H,37,40)(H,38,41). The maximum absolute atomic E-state index is 15.1. The summed E-state index contributed by atoms with van der Waals surface area (Å²) in [6.07, 6.45) is 5.19. The molecule has 5 rings (SSSR count). The van der Waals surface area contributed by atoms with Crippen molar-refractivity contribution in [3.63, 3.8) is 0 Å². The number of piperidine rings is 1. The first-order chi connectivity index (χ1) is 21.4. The number of hydrogen-bond acceptors (Lipinski definition) is 7. The number of aryl methyl sites for hydroxylation is 1. The zero-order chi connectivity index (χ0) is 30.9. The zero-order valence-electron chi connectivity index (χ0n) is 25.0. The normalized spacial score (nSPS) is 13.8. The fourth-order valence-corrected chi connectivity index (χ4v) is 5.17. The van der Waals surface area contributed by atoms with E-state index in [0.717, 1.165) is 44.0 Å². The van der Waals surface area contributed by atoms with Gasteiger partial charge in [-0.3, -0.25) is 14.6 Å². The van der Waals surface area contributed by atoms with Crippen LogP contribution in [-0.4, -0.2) is 62.1 Å². The van der Waals surface area contributed by atoms with E-state index in [1.807, 2.05) is 42.5 Å². The molecule has 0 atom stereocenters. The van der Waals surface area contributed by atoms with Crippen LogP contribution in [0.2, 0.25) is 0 Å². The number of halogens is 1. The van der Waals surface area contributed by atoms with Crippen LogP contribution in [0.3, 0.4) is 0 Å². The van der Waals surface area contributed by atoms with Crippen molar-refractivity contribution >= 4 is 28.4 Å². The average molecular weight is 601 g/mol. The lowest BCUT2D eigenvalue weighted by molar-refractivity contribution is -0.136. The van der Waals surface area contributed by atoms with Crippen LogP contribution in [0, 0.1) is 11.7 Å². The number of anilines is 1. The number of amides is 2. The number of rotatable bonds is 11. The smallest absolute Gasteiger partial charge is 0.313 e. The van der Waals surface area contributed by atoms with Crippen LogP contribution in [0.25, 0.3) is 10.9 Å². The van der Waals surface area contributed by atoms with E-state index < -0.39 is 17.6 Å². The van der Waals surface area contributed by atoms with Crippen molar-refractivity contribution in [2.24, 2.45) is 5.92 Å². The lowest BCUT2D eigenvalue weighted by atomic mass is 9.98. The van der Waals surface area contributed by atoms with Gasteiger partial charge in [-0.15, -0.1) is 0 Å². The van der Waals surface area contributed by atoms with Gasteiger partial charge in [0.1, 0.15) is 11.3 Å².